The molecule has 0 bridgehead atoms. The Morgan fingerprint density at radius 1 is 0.889 bits per heavy atom. The molecule has 8 nitrogen and oxygen atoms in total. The molecule has 3 aliphatic rings. The first kappa shape index (κ1) is 27.8. The van der Waals surface area contributed by atoms with Crippen molar-refractivity contribution in [3.63, 3.8) is 0 Å². The summed E-state index contributed by atoms with van der Waals surface area (Å²) in [5.74, 6) is -0.362. The van der Waals surface area contributed by atoms with Gasteiger partial charge in [-0.15, -0.1) is 0 Å². The lowest BCUT2D eigenvalue weighted by Gasteiger charge is -2.42. The summed E-state index contributed by atoms with van der Waals surface area (Å²) < 4.78 is 95.3. The van der Waals surface area contributed by atoms with Crippen molar-refractivity contribution in [3.8, 4) is 0 Å². The van der Waals surface area contributed by atoms with E-state index in [-0.39, 0.29) is 12.3 Å². The molecule has 3 fully saturated rings. The van der Waals surface area contributed by atoms with Gasteiger partial charge in [0.1, 0.15) is 0 Å². The van der Waals surface area contributed by atoms with E-state index in [9.17, 15) is 30.0 Å². The molecule has 1 unspecified atom stereocenters. The molecular formula is C23H35F3N4O4S2. The normalized spacial score (nSPS) is 25.3. The molecule has 0 amide bonds. The van der Waals surface area contributed by atoms with Crippen molar-refractivity contribution >= 4 is 20.0 Å². The highest BCUT2D eigenvalue weighted by atomic mass is 32.2. The van der Waals surface area contributed by atoms with Crippen molar-refractivity contribution in [2.45, 2.75) is 55.3 Å². The molecule has 204 valence electrons. The first-order chi connectivity index (χ1) is 16.9. The summed E-state index contributed by atoms with van der Waals surface area (Å²) in [7, 11) is -5.93. The first-order valence-electron chi connectivity index (χ1n) is 12.5. The van der Waals surface area contributed by atoms with Crippen LogP contribution in [0.1, 0.15) is 37.7 Å². The van der Waals surface area contributed by atoms with E-state index in [0.717, 1.165) is 48.4 Å². The Morgan fingerprint density at radius 3 is 2.19 bits per heavy atom. The van der Waals surface area contributed by atoms with E-state index in [1.165, 1.54) is 4.31 Å². The Bertz CT molecular complexity index is 1110. The minimum absolute atomic E-state index is 0.0860. The van der Waals surface area contributed by atoms with Gasteiger partial charge in [-0.25, -0.2) is 16.8 Å². The summed E-state index contributed by atoms with van der Waals surface area (Å²) in [4.78, 5) is 4.18. The average Bonchev–Trinajstić information content (AvgIpc) is 2.84. The second-order valence-corrected chi connectivity index (χ2v) is 13.9. The summed E-state index contributed by atoms with van der Waals surface area (Å²) in [6.45, 7) is 4.16. The third-order valence-electron chi connectivity index (χ3n) is 7.62. The lowest BCUT2D eigenvalue weighted by atomic mass is 10.0. The molecule has 3 heterocycles. The Balaban J connectivity index is 1.44. The third-order valence-corrected chi connectivity index (χ3v) is 11.5. The second kappa shape index (κ2) is 10.9. The van der Waals surface area contributed by atoms with Crippen LogP contribution in [0.5, 0.6) is 0 Å². The predicted octanol–water partition coefficient (Wildman–Crippen LogP) is 2.29. The van der Waals surface area contributed by atoms with Gasteiger partial charge in [0.2, 0.25) is 20.0 Å². The largest absolute Gasteiger partial charge is 0.416 e. The standard InChI is InChI=1S/C23H35F3N4O4S2/c1-27-11-8-20(9-12-27)28-13-15-29(16-14-28)35(31,32)18-21-6-2-3-10-30(21)36(33,34)22-7-4-5-19(17-22)23(24,25)26/h4-5,7,17,20-21H,2-3,6,8-16,18H2,1H3. The van der Waals surface area contributed by atoms with E-state index in [2.05, 4.69) is 16.8 Å². The average molecular weight is 553 g/mol. The van der Waals surface area contributed by atoms with Gasteiger partial charge in [0.15, 0.2) is 0 Å². The fraction of sp³-hybridized carbons (Fsp3) is 0.739. The number of sulfonamides is 2. The number of hydrogen-bond donors (Lipinski definition) is 0. The van der Waals surface area contributed by atoms with Crippen molar-refractivity contribution in [1.29, 1.82) is 0 Å². The van der Waals surface area contributed by atoms with Gasteiger partial charge >= 0.3 is 6.18 Å². The Morgan fingerprint density at radius 2 is 1.56 bits per heavy atom. The van der Waals surface area contributed by atoms with Gasteiger partial charge in [-0.05, 0) is 64.0 Å². The molecule has 1 aromatic carbocycles. The maximum atomic E-state index is 13.3. The number of piperidine rings is 2. The number of rotatable bonds is 6. The van der Waals surface area contributed by atoms with Crippen molar-refractivity contribution in [3.05, 3.63) is 29.8 Å². The van der Waals surface area contributed by atoms with Crippen LogP contribution in [0.15, 0.2) is 29.2 Å². The zero-order valence-corrected chi connectivity index (χ0v) is 22.2. The Labute approximate surface area is 212 Å². The maximum absolute atomic E-state index is 13.3. The smallest absolute Gasteiger partial charge is 0.306 e. The van der Waals surface area contributed by atoms with E-state index in [1.54, 1.807) is 0 Å². The van der Waals surface area contributed by atoms with Gasteiger partial charge in [-0.2, -0.15) is 21.8 Å². The lowest BCUT2D eigenvalue weighted by molar-refractivity contribution is -0.137. The van der Waals surface area contributed by atoms with E-state index in [1.807, 2.05) is 0 Å². The molecule has 1 aromatic rings. The van der Waals surface area contributed by atoms with Crippen LogP contribution < -0.4 is 0 Å². The highest BCUT2D eigenvalue weighted by Crippen LogP contribution is 2.33. The molecule has 3 saturated heterocycles. The molecule has 0 radical (unpaired) electrons. The summed E-state index contributed by atoms with van der Waals surface area (Å²) in [5.41, 5.74) is -1.05. The Kier molecular flexibility index (Phi) is 8.37. The third kappa shape index (κ3) is 6.24. The first-order valence-corrected chi connectivity index (χ1v) is 15.5. The summed E-state index contributed by atoms with van der Waals surface area (Å²) in [6.07, 6.45) is -0.997. The van der Waals surface area contributed by atoms with E-state index < -0.39 is 42.7 Å². The maximum Gasteiger partial charge on any atom is 0.416 e. The van der Waals surface area contributed by atoms with Crippen LogP contribution in [-0.4, -0.2) is 106 Å². The van der Waals surface area contributed by atoms with Crippen molar-refractivity contribution in [1.82, 2.24) is 18.4 Å². The Hall–Kier alpha value is -1.25. The second-order valence-electron chi connectivity index (χ2n) is 10.0. The van der Waals surface area contributed by atoms with Gasteiger partial charge in [-0.1, -0.05) is 12.5 Å². The molecule has 0 N–H and O–H groups in total. The van der Waals surface area contributed by atoms with Crippen LogP contribution in [0.3, 0.4) is 0 Å². The topological polar surface area (TPSA) is 81.2 Å². The molecule has 0 saturated carbocycles. The van der Waals surface area contributed by atoms with Gasteiger partial charge < -0.3 is 4.90 Å². The van der Waals surface area contributed by atoms with Gasteiger partial charge in [0, 0.05) is 44.8 Å². The molecular weight excluding hydrogens is 517 g/mol. The number of hydrogen-bond acceptors (Lipinski definition) is 6. The molecule has 0 aromatic heterocycles. The molecule has 0 spiro atoms. The number of likely N-dealkylation sites (tertiary alicyclic amines) is 1. The highest BCUT2D eigenvalue weighted by molar-refractivity contribution is 7.90. The van der Waals surface area contributed by atoms with Crippen LogP contribution in [0.2, 0.25) is 0 Å². The van der Waals surface area contributed by atoms with Crippen LogP contribution in [0.25, 0.3) is 0 Å². The quantitative estimate of drug-likeness (QED) is 0.539. The molecule has 36 heavy (non-hydrogen) atoms. The zero-order chi connectivity index (χ0) is 26.1. The van der Waals surface area contributed by atoms with Crippen LogP contribution >= 0.6 is 0 Å². The number of nitrogens with zero attached hydrogens (tertiary/aromatic N) is 4. The summed E-state index contributed by atoms with van der Waals surface area (Å²) in [6, 6.07) is 3.29. The predicted molar refractivity (Wildman–Crippen MR) is 130 cm³/mol. The molecule has 13 heteroatoms. The highest BCUT2D eigenvalue weighted by Gasteiger charge is 2.40. The molecule has 0 aliphatic carbocycles. The minimum atomic E-state index is -4.67. The SMILES string of the molecule is CN1CCC(N2CCN(S(=O)(=O)CC3CCCCN3S(=O)(=O)c3cccc(C(F)(F)F)c3)CC2)CC1. The van der Waals surface area contributed by atoms with Crippen LogP contribution in [0, 0.1) is 0 Å². The van der Waals surface area contributed by atoms with Crippen LogP contribution in [-0.2, 0) is 26.2 Å². The zero-order valence-electron chi connectivity index (χ0n) is 20.5. The van der Waals surface area contributed by atoms with Crippen molar-refractivity contribution < 1.29 is 30.0 Å². The van der Waals surface area contributed by atoms with Gasteiger partial charge in [0.25, 0.3) is 0 Å². The number of piperazine rings is 1. The molecule has 1 atom stereocenters. The fourth-order valence-corrected chi connectivity index (χ4v) is 9.08. The number of halogens is 3. The summed E-state index contributed by atoms with van der Waals surface area (Å²) >= 11 is 0. The summed E-state index contributed by atoms with van der Waals surface area (Å²) in [5, 5.41) is 0. The van der Waals surface area contributed by atoms with Crippen molar-refractivity contribution in [2.24, 2.45) is 0 Å². The van der Waals surface area contributed by atoms with Crippen molar-refractivity contribution in [2.75, 3.05) is 58.6 Å². The van der Waals surface area contributed by atoms with Gasteiger partial charge in [0.05, 0.1) is 16.2 Å². The molecule has 3 aliphatic heterocycles. The van der Waals surface area contributed by atoms with E-state index in [0.29, 0.717) is 57.5 Å². The lowest BCUT2D eigenvalue weighted by Crippen LogP contribution is -2.56. The molecule has 4 rings (SSSR count). The minimum Gasteiger partial charge on any atom is -0.306 e. The van der Waals surface area contributed by atoms with Crippen LogP contribution in [0.4, 0.5) is 13.2 Å². The van der Waals surface area contributed by atoms with E-state index >= 15 is 0 Å². The number of benzene rings is 1. The van der Waals surface area contributed by atoms with Gasteiger partial charge in [-0.3, -0.25) is 4.90 Å². The van der Waals surface area contributed by atoms with E-state index in [4.69, 9.17) is 0 Å². The number of alkyl halides is 3. The monoisotopic (exact) mass is 552 g/mol. The fourth-order valence-electron chi connectivity index (χ4n) is 5.48.